The van der Waals surface area contributed by atoms with Crippen molar-refractivity contribution in [2.75, 3.05) is 13.1 Å². The highest BCUT2D eigenvalue weighted by molar-refractivity contribution is 5.74. The molecule has 0 aliphatic carbocycles. The summed E-state index contributed by atoms with van der Waals surface area (Å²) in [5, 5.41) is 7.24. The molecule has 2 aromatic heterocycles. The topological polar surface area (TPSA) is 63.1 Å². The second kappa shape index (κ2) is 7.26. The first kappa shape index (κ1) is 15.5. The number of rotatable bonds is 4. The molecule has 1 unspecified atom stereocenters. The lowest BCUT2D eigenvalue weighted by Gasteiger charge is -2.32. The highest BCUT2D eigenvalue weighted by atomic mass is 16.2. The number of pyridine rings is 1. The Hall–Kier alpha value is -2.37. The monoisotopic (exact) mass is 313 g/mol. The Kier molecular flexibility index (Phi) is 4.90. The van der Waals surface area contributed by atoms with Crippen molar-refractivity contribution in [3.05, 3.63) is 42.4 Å². The quantitative estimate of drug-likeness (QED) is 0.943. The number of nitrogens with one attached hydrogen (secondary N) is 1. The smallest absolute Gasteiger partial charge is 0.317 e. The van der Waals surface area contributed by atoms with E-state index in [-0.39, 0.29) is 6.03 Å². The molecule has 23 heavy (non-hydrogen) atoms. The van der Waals surface area contributed by atoms with E-state index < -0.39 is 0 Å². The Labute approximate surface area is 136 Å². The van der Waals surface area contributed by atoms with Crippen LogP contribution >= 0.6 is 0 Å². The van der Waals surface area contributed by atoms with Gasteiger partial charge in [0, 0.05) is 43.8 Å². The fourth-order valence-electron chi connectivity index (χ4n) is 3.03. The van der Waals surface area contributed by atoms with Gasteiger partial charge in [-0.2, -0.15) is 5.10 Å². The third kappa shape index (κ3) is 3.70. The van der Waals surface area contributed by atoms with Gasteiger partial charge >= 0.3 is 6.03 Å². The van der Waals surface area contributed by atoms with Crippen LogP contribution < -0.4 is 5.32 Å². The van der Waals surface area contributed by atoms with Gasteiger partial charge in [-0.3, -0.25) is 0 Å². The molecule has 1 aliphatic heterocycles. The van der Waals surface area contributed by atoms with Crippen LogP contribution in [0.25, 0.3) is 5.82 Å². The van der Waals surface area contributed by atoms with Gasteiger partial charge in [-0.05, 0) is 30.9 Å². The predicted octanol–water partition coefficient (Wildman–Crippen LogP) is 2.60. The van der Waals surface area contributed by atoms with Gasteiger partial charge in [0.05, 0.1) is 0 Å². The maximum atomic E-state index is 12.4. The van der Waals surface area contributed by atoms with E-state index in [2.05, 4.69) is 22.3 Å². The van der Waals surface area contributed by atoms with E-state index in [1.54, 1.807) is 17.1 Å². The van der Waals surface area contributed by atoms with E-state index in [1.165, 1.54) is 6.42 Å². The summed E-state index contributed by atoms with van der Waals surface area (Å²) in [4.78, 5) is 18.7. The van der Waals surface area contributed by atoms with Gasteiger partial charge in [0.1, 0.15) is 0 Å². The van der Waals surface area contributed by atoms with Crippen molar-refractivity contribution in [3.8, 4) is 5.82 Å². The first-order chi connectivity index (χ1) is 11.3. The molecular weight excluding hydrogens is 290 g/mol. The summed E-state index contributed by atoms with van der Waals surface area (Å²) in [6.07, 6.45) is 8.76. The van der Waals surface area contributed by atoms with Crippen molar-refractivity contribution in [1.82, 2.24) is 25.0 Å². The molecule has 1 fully saturated rings. The van der Waals surface area contributed by atoms with Gasteiger partial charge < -0.3 is 10.2 Å². The van der Waals surface area contributed by atoms with Crippen LogP contribution in [0.3, 0.4) is 0 Å². The molecule has 0 radical (unpaired) electrons. The van der Waals surface area contributed by atoms with E-state index in [0.717, 1.165) is 37.3 Å². The van der Waals surface area contributed by atoms with Gasteiger partial charge in [-0.25, -0.2) is 14.5 Å². The highest BCUT2D eigenvalue weighted by Crippen LogP contribution is 2.19. The number of amides is 2. The van der Waals surface area contributed by atoms with Gasteiger partial charge in [0.25, 0.3) is 0 Å². The SMILES string of the molecule is CCC1CCCN(C(=O)NCc2cccnc2-n2cccn2)C1. The molecule has 3 heterocycles. The van der Waals surface area contributed by atoms with E-state index in [1.807, 2.05) is 29.3 Å². The van der Waals surface area contributed by atoms with Crippen molar-refractivity contribution in [2.24, 2.45) is 5.92 Å². The number of aromatic nitrogens is 3. The number of likely N-dealkylation sites (tertiary alicyclic amines) is 1. The van der Waals surface area contributed by atoms with Crippen LogP contribution in [-0.2, 0) is 6.54 Å². The fraction of sp³-hybridized carbons (Fsp3) is 0.471. The summed E-state index contributed by atoms with van der Waals surface area (Å²) >= 11 is 0. The molecule has 6 heteroatoms. The normalized spacial score (nSPS) is 18.0. The molecule has 0 aromatic carbocycles. The molecule has 0 bridgehead atoms. The molecule has 2 aromatic rings. The third-order valence-corrected chi connectivity index (χ3v) is 4.40. The molecule has 1 saturated heterocycles. The summed E-state index contributed by atoms with van der Waals surface area (Å²) in [6, 6.07) is 5.71. The summed E-state index contributed by atoms with van der Waals surface area (Å²) < 4.78 is 1.72. The van der Waals surface area contributed by atoms with Crippen molar-refractivity contribution in [2.45, 2.75) is 32.7 Å². The minimum Gasteiger partial charge on any atom is -0.334 e. The molecule has 0 saturated carbocycles. The third-order valence-electron chi connectivity index (χ3n) is 4.40. The van der Waals surface area contributed by atoms with Gasteiger partial charge in [-0.15, -0.1) is 0 Å². The average Bonchev–Trinajstić information content (AvgIpc) is 3.14. The number of carbonyl (C=O) groups excluding carboxylic acids is 1. The maximum absolute atomic E-state index is 12.4. The van der Waals surface area contributed by atoms with Crippen molar-refractivity contribution >= 4 is 6.03 Å². The van der Waals surface area contributed by atoms with E-state index in [0.29, 0.717) is 12.5 Å². The van der Waals surface area contributed by atoms with Crippen LogP contribution in [0, 0.1) is 5.92 Å². The zero-order chi connectivity index (χ0) is 16.1. The number of carbonyl (C=O) groups is 1. The van der Waals surface area contributed by atoms with Crippen LogP contribution in [-0.4, -0.2) is 38.8 Å². The largest absolute Gasteiger partial charge is 0.334 e. The van der Waals surface area contributed by atoms with Crippen molar-refractivity contribution in [3.63, 3.8) is 0 Å². The van der Waals surface area contributed by atoms with E-state index in [9.17, 15) is 4.79 Å². The van der Waals surface area contributed by atoms with Crippen LogP contribution in [0.5, 0.6) is 0 Å². The molecule has 1 aliphatic rings. The average molecular weight is 313 g/mol. The second-order valence-corrected chi connectivity index (χ2v) is 5.96. The Morgan fingerprint density at radius 3 is 3.09 bits per heavy atom. The van der Waals surface area contributed by atoms with Crippen LogP contribution in [0.4, 0.5) is 4.79 Å². The first-order valence-corrected chi connectivity index (χ1v) is 8.24. The summed E-state index contributed by atoms with van der Waals surface area (Å²) in [5.74, 6) is 1.38. The van der Waals surface area contributed by atoms with Crippen LogP contribution in [0.1, 0.15) is 31.7 Å². The molecule has 3 rings (SSSR count). The molecule has 2 amide bonds. The maximum Gasteiger partial charge on any atom is 0.317 e. The Morgan fingerprint density at radius 2 is 2.30 bits per heavy atom. The van der Waals surface area contributed by atoms with Gasteiger partial charge in [0.2, 0.25) is 0 Å². The van der Waals surface area contributed by atoms with Gasteiger partial charge in [0.15, 0.2) is 5.82 Å². The highest BCUT2D eigenvalue weighted by Gasteiger charge is 2.22. The fourth-order valence-corrected chi connectivity index (χ4v) is 3.03. The minimum absolute atomic E-state index is 0.0124. The molecule has 0 spiro atoms. The lowest BCUT2D eigenvalue weighted by atomic mass is 9.96. The molecule has 1 atom stereocenters. The molecule has 6 nitrogen and oxygen atoms in total. The molecule has 122 valence electrons. The lowest BCUT2D eigenvalue weighted by molar-refractivity contribution is 0.163. The Balaban J connectivity index is 1.63. The first-order valence-electron chi connectivity index (χ1n) is 8.24. The number of hydrogen-bond acceptors (Lipinski definition) is 3. The van der Waals surface area contributed by atoms with E-state index >= 15 is 0 Å². The minimum atomic E-state index is 0.0124. The van der Waals surface area contributed by atoms with Crippen LogP contribution in [0.15, 0.2) is 36.8 Å². The van der Waals surface area contributed by atoms with Crippen molar-refractivity contribution < 1.29 is 4.79 Å². The summed E-state index contributed by atoms with van der Waals surface area (Å²) in [7, 11) is 0. The Morgan fingerprint density at radius 1 is 1.39 bits per heavy atom. The Bertz CT molecular complexity index is 640. The standard InChI is InChI=1S/C17H23N5O/c1-2-14-6-4-10-21(13-14)17(23)19-12-15-7-3-8-18-16(15)22-11-5-9-20-22/h3,5,7-9,11,14H,2,4,6,10,12-13H2,1H3,(H,19,23). The summed E-state index contributed by atoms with van der Waals surface area (Å²) in [6.45, 7) is 4.36. The van der Waals surface area contributed by atoms with Gasteiger partial charge in [-0.1, -0.05) is 19.4 Å². The zero-order valence-electron chi connectivity index (χ0n) is 13.5. The number of nitrogens with zero attached hydrogens (tertiary/aromatic N) is 4. The zero-order valence-corrected chi connectivity index (χ0v) is 13.5. The number of piperidine rings is 1. The summed E-state index contributed by atoms with van der Waals surface area (Å²) in [5.41, 5.74) is 0.952. The van der Waals surface area contributed by atoms with Crippen LogP contribution in [0.2, 0.25) is 0 Å². The van der Waals surface area contributed by atoms with Crippen molar-refractivity contribution in [1.29, 1.82) is 0 Å². The number of hydrogen-bond donors (Lipinski definition) is 1. The molecule has 1 N–H and O–H groups in total. The molecular formula is C17H23N5O. The predicted molar refractivity (Wildman–Crippen MR) is 88.2 cm³/mol. The second-order valence-electron chi connectivity index (χ2n) is 5.96. The van der Waals surface area contributed by atoms with E-state index in [4.69, 9.17) is 0 Å². The lowest BCUT2D eigenvalue weighted by Crippen LogP contribution is -2.45. The number of urea groups is 1.